The van der Waals surface area contributed by atoms with Gasteiger partial charge in [-0.25, -0.2) is 4.98 Å². The first-order valence-electron chi connectivity index (χ1n) is 7.57. The van der Waals surface area contributed by atoms with Gasteiger partial charge in [0, 0.05) is 10.6 Å². The number of fused-ring (bicyclic) bond motifs is 1. The van der Waals surface area contributed by atoms with Gasteiger partial charge in [-0.1, -0.05) is 35.0 Å². The molecule has 136 valence electrons. The molecule has 3 rings (SSSR count). The average Bonchev–Trinajstić information content (AvgIpc) is 3.06. The number of carbonyl (C=O) groups is 1. The topological polar surface area (TPSA) is 61.6 Å². The van der Waals surface area contributed by atoms with Crippen LogP contribution in [0.4, 0.5) is 0 Å². The molecule has 0 amide bonds. The van der Waals surface area contributed by atoms with Crippen molar-refractivity contribution >= 4 is 51.8 Å². The Balaban J connectivity index is 1.77. The average molecular weight is 412 g/mol. The van der Waals surface area contributed by atoms with Gasteiger partial charge in [0.15, 0.2) is 22.9 Å². The van der Waals surface area contributed by atoms with E-state index >= 15 is 0 Å². The standard InChI is InChI=1S/C18H15Cl2NO4S/c1-9-11(19)7-12-17(16(9)20)25-18(21-12)26-8-13(22)10-4-5-14(23-2)15(6-10)24-3/h4-7H,8H2,1-3H3. The highest BCUT2D eigenvalue weighted by Crippen LogP contribution is 2.35. The zero-order valence-corrected chi connectivity index (χ0v) is 16.6. The van der Waals surface area contributed by atoms with Crippen molar-refractivity contribution < 1.29 is 18.7 Å². The number of hydrogen-bond acceptors (Lipinski definition) is 6. The Bertz CT molecular complexity index is 987. The molecule has 5 nitrogen and oxygen atoms in total. The van der Waals surface area contributed by atoms with Crippen LogP contribution in [-0.2, 0) is 0 Å². The van der Waals surface area contributed by atoms with Crippen LogP contribution >= 0.6 is 35.0 Å². The van der Waals surface area contributed by atoms with Crippen LogP contribution in [0.25, 0.3) is 11.1 Å². The van der Waals surface area contributed by atoms with Gasteiger partial charge in [0.25, 0.3) is 5.22 Å². The smallest absolute Gasteiger partial charge is 0.257 e. The lowest BCUT2D eigenvalue weighted by Gasteiger charge is -2.08. The van der Waals surface area contributed by atoms with Crippen LogP contribution in [0.15, 0.2) is 33.9 Å². The maximum absolute atomic E-state index is 12.4. The Morgan fingerprint density at radius 3 is 2.62 bits per heavy atom. The lowest BCUT2D eigenvalue weighted by Crippen LogP contribution is -2.03. The third kappa shape index (κ3) is 3.63. The summed E-state index contributed by atoms with van der Waals surface area (Å²) in [7, 11) is 3.07. The maximum Gasteiger partial charge on any atom is 0.257 e. The molecule has 2 aromatic carbocycles. The molecule has 0 saturated carbocycles. The van der Waals surface area contributed by atoms with Crippen LogP contribution in [0.5, 0.6) is 11.5 Å². The fourth-order valence-corrected chi connectivity index (χ4v) is 3.56. The molecule has 0 aliphatic rings. The molecule has 0 aliphatic heterocycles. The first kappa shape index (κ1) is 18.9. The largest absolute Gasteiger partial charge is 0.493 e. The number of methoxy groups -OCH3 is 2. The molecule has 0 N–H and O–H groups in total. The Morgan fingerprint density at radius 1 is 1.19 bits per heavy atom. The Labute approximate surface area is 164 Å². The summed E-state index contributed by atoms with van der Waals surface area (Å²) < 4.78 is 16.1. The number of halogens is 2. The van der Waals surface area contributed by atoms with Crippen LogP contribution in [0.2, 0.25) is 10.0 Å². The molecular weight excluding hydrogens is 397 g/mol. The molecule has 0 fully saturated rings. The van der Waals surface area contributed by atoms with Crippen molar-refractivity contribution in [1.29, 1.82) is 0 Å². The van der Waals surface area contributed by atoms with Crippen molar-refractivity contribution in [2.75, 3.05) is 20.0 Å². The predicted octanol–water partition coefficient (Wildman–Crippen LogP) is 5.44. The molecule has 0 saturated heterocycles. The van der Waals surface area contributed by atoms with E-state index in [1.165, 1.54) is 18.9 Å². The number of benzene rings is 2. The third-order valence-corrected chi connectivity index (χ3v) is 5.49. The van der Waals surface area contributed by atoms with Gasteiger partial charge in [0.05, 0.1) is 25.0 Å². The number of Topliss-reactive ketones (excluding diaryl/α,β-unsaturated/α-hetero) is 1. The monoisotopic (exact) mass is 411 g/mol. The number of ether oxygens (including phenoxy) is 2. The molecule has 0 bridgehead atoms. The van der Waals surface area contributed by atoms with Crippen molar-refractivity contribution in [1.82, 2.24) is 4.98 Å². The molecule has 0 spiro atoms. The van der Waals surface area contributed by atoms with Crippen LogP contribution < -0.4 is 9.47 Å². The van der Waals surface area contributed by atoms with E-state index in [0.717, 1.165) is 5.56 Å². The van der Waals surface area contributed by atoms with E-state index in [2.05, 4.69) is 4.98 Å². The Kier molecular flexibility index (Phi) is 5.65. The number of oxazole rings is 1. The number of ketones is 1. The maximum atomic E-state index is 12.4. The molecule has 0 unspecified atom stereocenters. The summed E-state index contributed by atoms with van der Waals surface area (Å²) in [5.74, 6) is 1.14. The lowest BCUT2D eigenvalue weighted by molar-refractivity contribution is 0.102. The van der Waals surface area contributed by atoms with Gasteiger partial charge in [-0.3, -0.25) is 4.79 Å². The fraction of sp³-hybridized carbons (Fsp3) is 0.222. The van der Waals surface area contributed by atoms with E-state index in [1.807, 2.05) is 0 Å². The first-order valence-corrected chi connectivity index (χ1v) is 9.32. The minimum absolute atomic E-state index is 0.0847. The van der Waals surface area contributed by atoms with E-state index in [0.29, 0.717) is 43.4 Å². The lowest BCUT2D eigenvalue weighted by atomic mass is 10.1. The van der Waals surface area contributed by atoms with Gasteiger partial charge in [-0.15, -0.1) is 0 Å². The van der Waals surface area contributed by atoms with Crippen molar-refractivity contribution in [3.63, 3.8) is 0 Å². The molecule has 1 heterocycles. The summed E-state index contributed by atoms with van der Waals surface area (Å²) in [6.07, 6.45) is 0. The highest BCUT2D eigenvalue weighted by atomic mass is 35.5. The number of carbonyl (C=O) groups excluding carboxylic acids is 1. The van der Waals surface area contributed by atoms with Crippen molar-refractivity contribution in [2.24, 2.45) is 0 Å². The van der Waals surface area contributed by atoms with Crippen molar-refractivity contribution in [3.8, 4) is 11.5 Å². The summed E-state index contributed by atoms with van der Waals surface area (Å²) in [5, 5.41) is 1.31. The zero-order chi connectivity index (χ0) is 18.8. The van der Waals surface area contributed by atoms with E-state index in [4.69, 9.17) is 37.1 Å². The van der Waals surface area contributed by atoms with E-state index in [1.54, 1.807) is 38.3 Å². The van der Waals surface area contributed by atoms with Gasteiger partial charge in [0.1, 0.15) is 5.52 Å². The second kappa shape index (κ2) is 7.78. The highest BCUT2D eigenvalue weighted by molar-refractivity contribution is 7.99. The minimum Gasteiger partial charge on any atom is -0.493 e. The summed E-state index contributed by atoms with van der Waals surface area (Å²) >= 11 is 13.6. The van der Waals surface area contributed by atoms with Crippen LogP contribution in [0, 0.1) is 6.92 Å². The summed E-state index contributed by atoms with van der Waals surface area (Å²) in [6, 6.07) is 6.73. The van der Waals surface area contributed by atoms with Gasteiger partial charge in [0.2, 0.25) is 0 Å². The van der Waals surface area contributed by atoms with E-state index in [9.17, 15) is 4.79 Å². The quantitative estimate of drug-likeness (QED) is 0.397. The second-order valence-corrected chi connectivity index (χ2v) is 7.12. The molecule has 26 heavy (non-hydrogen) atoms. The molecular formula is C18H15Cl2NO4S. The number of nitrogens with zero attached hydrogens (tertiary/aromatic N) is 1. The predicted molar refractivity (Wildman–Crippen MR) is 103 cm³/mol. The minimum atomic E-state index is -0.0847. The summed E-state index contributed by atoms with van der Waals surface area (Å²) in [6.45, 7) is 1.81. The number of hydrogen-bond donors (Lipinski definition) is 0. The van der Waals surface area contributed by atoms with Gasteiger partial charge >= 0.3 is 0 Å². The summed E-state index contributed by atoms with van der Waals surface area (Å²) in [4.78, 5) is 16.8. The molecule has 0 aliphatic carbocycles. The van der Waals surface area contributed by atoms with Crippen molar-refractivity contribution in [3.05, 3.63) is 45.4 Å². The molecule has 3 aromatic rings. The Hall–Kier alpha value is -1.89. The van der Waals surface area contributed by atoms with Gasteiger partial charge < -0.3 is 13.9 Å². The number of thioether (sulfide) groups is 1. The van der Waals surface area contributed by atoms with Gasteiger partial charge in [-0.05, 0) is 36.8 Å². The van der Waals surface area contributed by atoms with Crippen molar-refractivity contribution in [2.45, 2.75) is 12.1 Å². The molecule has 8 heteroatoms. The van der Waals surface area contributed by atoms with Gasteiger partial charge in [-0.2, -0.15) is 0 Å². The highest BCUT2D eigenvalue weighted by Gasteiger charge is 2.16. The fourth-order valence-electron chi connectivity index (χ4n) is 2.35. The third-order valence-electron chi connectivity index (χ3n) is 3.82. The Morgan fingerprint density at radius 2 is 1.92 bits per heavy atom. The molecule has 1 aromatic heterocycles. The zero-order valence-electron chi connectivity index (χ0n) is 14.3. The van der Waals surface area contributed by atoms with Crippen LogP contribution in [0.1, 0.15) is 15.9 Å². The second-order valence-electron chi connectivity index (χ2n) is 5.41. The van der Waals surface area contributed by atoms with Crippen LogP contribution in [-0.4, -0.2) is 30.7 Å². The summed E-state index contributed by atoms with van der Waals surface area (Å²) in [5.41, 5.74) is 2.28. The number of aromatic nitrogens is 1. The number of rotatable bonds is 6. The molecule has 0 radical (unpaired) electrons. The van der Waals surface area contributed by atoms with Crippen LogP contribution in [0.3, 0.4) is 0 Å². The van der Waals surface area contributed by atoms with E-state index < -0.39 is 0 Å². The normalized spacial score (nSPS) is 11.0. The SMILES string of the molecule is COc1ccc(C(=O)CSc2nc3cc(Cl)c(C)c(Cl)c3o2)cc1OC. The molecule has 0 atom stereocenters. The van der Waals surface area contributed by atoms with E-state index in [-0.39, 0.29) is 11.5 Å². The first-order chi connectivity index (χ1) is 12.4.